The van der Waals surface area contributed by atoms with E-state index < -0.39 is 6.10 Å². The summed E-state index contributed by atoms with van der Waals surface area (Å²) in [5, 5.41) is 22.4. The lowest BCUT2D eigenvalue weighted by Gasteiger charge is -2.58. The lowest BCUT2D eigenvalue weighted by atomic mass is 9.71. The van der Waals surface area contributed by atoms with Crippen LogP contribution in [0.25, 0.3) is 10.9 Å². The van der Waals surface area contributed by atoms with Crippen molar-refractivity contribution in [2.45, 2.75) is 31.5 Å². The standard InChI is InChI=1S/C27H28N3O/c1-2-19-17-30(18-22-8-4-3-7-21(22)16-28)14-12-20(19)15-26(30)27(31)24-11-13-29-25-10-6-5-9-23(24)25/h2-11,13,19-20,26-27,31H,1,12,14-15,17-18H2/q+1/t19?,20-,26-,27+,30-/m0/s1. The fraction of sp³-hybridized carbons (Fsp3) is 0.333. The number of para-hydroxylation sites is 1. The average molecular weight is 411 g/mol. The van der Waals surface area contributed by atoms with Crippen LogP contribution in [0.3, 0.4) is 0 Å². The van der Waals surface area contributed by atoms with Crippen molar-refractivity contribution in [3.05, 3.63) is 90.1 Å². The Kier molecular flexibility index (Phi) is 5.09. The highest BCUT2D eigenvalue weighted by atomic mass is 16.3. The zero-order valence-electron chi connectivity index (χ0n) is 17.7. The maximum absolute atomic E-state index is 11.8. The molecule has 4 heterocycles. The molecule has 0 radical (unpaired) electrons. The zero-order valence-corrected chi connectivity index (χ0v) is 17.7. The number of aromatic nitrogens is 1. The quantitative estimate of drug-likeness (QED) is 0.488. The van der Waals surface area contributed by atoms with Gasteiger partial charge in [0.1, 0.15) is 18.7 Å². The molecular weight excluding hydrogens is 382 g/mol. The van der Waals surface area contributed by atoms with E-state index in [-0.39, 0.29) is 6.04 Å². The minimum absolute atomic E-state index is 0.0903. The second kappa shape index (κ2) is 7.92. The second-order valence-electron chi connectivity index (χ2n) is 9.17. The molecule has 3 saturated heterocycles. The maximum atomic E-state index is 11.8. The van der Waals surface area contributed by atoms with Crippen LogP contribution in [0, 0.1) is 23.2 Å². The van der Waals surface area contributed by atoms with Crippen LogP contribution in [0.1, 0.15) is 35.6 Å². The molecule has 2 bridgehead atoms. The van der Waals surface area contributed by atoms with E-state index in [0.717, 1.165) is 64.6 Å². The zero-order chi connectivity index (χ0) is 21.4. The molecule has 3 aliphatic heterocycles. The fourth-order valence-corrected chi connectivity index (χ4v) is 6.07. The van der Waals surface area contributed by atoms with Gasteiger partial charge in [0, 0.05) is 35.9 Å². The van der Waals surface area contributed by atoms with E-state index in [1.807, 2.05) is 42.5 Å². The van der Waals surface area contributed by atoms with E-state index >= 15 is 0 Å². The summed E-state index contributed by atoms with van der Waals surface area (Å²) in [6.45, 7) is 6.88. The topological polar surface area (TPSA) is 56.9 Å². The van der Waals surface area contributed by atoms with Gasteiger partial charge in [0.05, 0.1) is 30.2 Å². The predicted molar refractivity (Wildman–Crippen MR) is 122 cm³/mol. The molecule has 4 nitrogen and oxygen atoms in total. The number of aliphatic hydroxyl groups excluding tert-OH is 1. The van der Waals surface area contributed by atoms with Gasteiger partial charge in [-0.3, -0.25) is 4.98 Å². The van der Waals surface area contributed by atoms with Gasteiger partial charge in [-0.15, -0.1) is 6.58 Å². The smallest absolute Gasteiger partial charge is 0.131 e. The Hall–Kier alpha value is -3.00. The lowest BCUT2D eigenvalue weighted by Crippen LogP contribution is -2.67. The number of nitrogens with zero attached hydrogens (tertiary/aromatic N) is 3. The molecule has 2 aromatic carbocycles. The fourth-order valence-electron chi connectivity index (χ4n) is 6.07. The molecule has 5 atom stereocenters. The van der Waals surface area contributed by atoms with Crippen molar-refractivity contribution in [2.24, 2.45) is 11.8 Å². The monoisotopic (exact) mass is 410 g/mol. The Morgan fingerprint density at radius 1 is 1.19 bits per heavy atom. The molecule has 1 N–H and O–H groups in total. The summed E-state index contributed by atoms with van der Waals surface area (Å²) in [6, 6.07) is 20.4. The molecule has 1 unspecified atom stereocenters. The first-order valence-corrected chi connectivity index (χ1v) is 11.1. The molecule has 156 valence electrons. The van der Waals surface area contributed by atoms with Crippen LogP contribution in [0.5, 0.6) is 0 Å². The first-order valence-electron chi connectivity index (χ1n) is 11.1. The van der Waals surface area contributed by atoms with Gasteiger partial charge in [0.15, 0.2) is 0 Å². The number of quaternary nitrogens is 1. The summed E-state index contributed by atoms with van der Waals surface area (Å²) in [5.41, 5.74) is 3.69. The van der Waals surface area contributed by atoms with Gasteiger partial charge in [-0.2, -0.15) is 5.26 Å². The number of hydrogen-bond donors (Lipinski definition) is 1. The third-order valence-electron chi connectivity index (χ3n) is 7.66. The van der Waals surface area contributed by atoms with Crippen molar-refractivity contribution in [1.29, 1.82) is 5.26 Å². The summed E-state index contributed by atoms with van der Waals surface area (Å²) in [4.78, 5) is 4.48. The summed E-state index contributed by atoms with van der Waals surface area (Å²) in [7, 11) is 0. The van der Waals surface area contributed by atoms with Crippen molar-refractivity contribution >= 4 is 10.9 Å². The molecule has 3 fully saturated rings. The Balaban J connectivity index is 1.58. The summed E-state index contributed by atoms with van der Waals surface area (Å²) in [6.07, 6.45) is 5.46. The number of benzene rings is 2. The average Bonchev–Trinajstić information content (AvgIpc) is 2.83. The minimum atomic E-state index is -0.573. The van der Waals surface area contributed by atoms with Gasteiger partial charge in [-0.25, -0.2) is 0 Å². The van der Waals surface area contributed by atoms with E-state index in [1.165, 1.54) is 0 Å². The highest BCUT2D eigenvalue weighted by Crippen LogP contribution is 2.48. The Bertz CT molecular complexity index is 1160. The molecule has 1 aromatic heterocycles. The van der Waals surface area contributed by atoms with E-state index in [0.29, 0.717) is 11.8 Å². The molecule has 4 heteroatoms. The van der Waals surface area contributed by atoms with Gasteiger partial charge in [-0.1, -0.05) is 42.5 Å². The summed E-state index contributed by atoms with van der Waals surface area (Å²) < 4.78 is 0.809. The Morgan fingerprint density at radius 2 is 2.00 bits per heavy atom. The van der Waals surface area contributed by atoms with Crippen LogP contribution in [0.2, 0.25) is 0 Å². The van der Waals surface area contributed by atoms with Crippen LogP contribution < -0.4 is 0 Å². The summed E-state index contributed by atoms with van der Waals surface area (Å²) in [5.74, 6) is 1.03. The first kappa shape index (κ1) is 19.9. The van der Waals surface area contributed by atoms with Gasteiger partial charge < -0.3 is 9.59 Å². The van der Waals surface area contributed by atoms with Gasteiger partial charge in [0.2, 0.25) is 0 Å². The number of pyridine rings is 1. The summed E-state index contributed by atoms with van der Waals surface area (Å²) >= 11 is 0. The molecular formula is C27H28N3O+. The Morgan fingerprint density at radius 3 is 2.84 bits per heavy atom. The van der Waals surface area contributed by atoms with Crippen molar-refractivity contribution in [3.63, 3.8) is 0 Å². The third-order valence-corrected chi connectivity index (χ3v) is 7.66. The number of rotatable bonds is 5. The largest absolute Gasteiger partial charge is 0.382 e. The molecule has 0 spiro atoms. The molecule has 3 aromatic rings. The maximum Gasteiger partial charge on any atom is 0.131 e. The number of fused-ring (bicyclic) bond motifs is 4. The number of piperidine rings is 3. The normalized spacial score (nSPS) is 28.2. The molecule has 0 saturated carbocycles. The Labute approximate surface area is 183 Å². The second-order valence-corrected chi connectivity index (χ2v) is 9.17. The van der Waals surface area contributed by atoms with Gasteiger partial charge >= 0.3 is 0 Å². The SMILES string of the molecule is C=CC1C[N@+]2(Cc3ccccc3C#N)CC[C@H]1C[C@H]2[C@H](O)c1ccnc2ccccc12. The molecule has 0 aliphatic carbocycles. The van der Waals surface area contributed by atoms with Crippen LogP contribution in [-0.2, 0) is 6.54 Å². The highest BCUT2D eigenvalue weighted by molar-refractivity contribution is 5.82. The van der Waals surface area contributed by atoms with Gasteiger partial charge in [0.25, 0.3) is 0 Å². The van der Waals surface area contributed by atoms with Gasteiger partial charge in [-0.05, 0) is 29.7 Å². The van der Waals surface area contributed by atoms with E-state index in [9.17, 15) is 10.4 Å². The van der Waals surface area contributed by atoms with Crippen LogP contribution in [0.15, 0.2) is 73.4 Å². The molecule has 3 aliphatic rings. The number of aliphatic hydroxyl groups is 1. The van der Waals surface area contributed by atoms with Crippen molar-refractivity contribution in [1.82, 2.24) is 4.98 Å². The van der Waals surface area contributed by atoms with Crippen LogP contribution >= 0.6 is 0 Å². The highest BCUT2D eigenvalue weighted by Gasteiger charge is 2.54. The van der Waals surface area contributed by atoms with Crippen molar-refractivity contribution < 1.29 is 9.59 Å². The molecule has 6 rings (SSSR count). The first-order chi connectivity index (χ1) is 15.1. The van der Waals surface area contributed by atoms with Crippen LogP contribution in [0.4, 0.5) is 0 Å². The van der Waals surface area contributed by atoms with E-state index in [1.54, 1.807) is 6.20 Å². The van der Waals surface area contributed by atoms with E-state index in [4.69, 9.17) is 0 Å². The third kappa shape index (κ3) is 3.35. The molecule has 0 amide bonds. The lowest BCUT2D eigenvalue weighted by molar-refractivity contribution is -0.985. The molecule has 31 heavy (non-hydrogen) atoms. The van der Waals surface area contributed by atoms with E-state index in [2.05, 4.69) is 35.8 Å². The van der Waals surface area contributed by atoms with Crippen molar-refractivity contribution in [3.8, 4) is 6.07 Å². The minimum Gasteiger partial charge on any atom is -0.382 e. The number of hydrogen-bond acceptors (Lipinski definition) is 3. The van der Waals surface area contributed by atoms with Crippen molar-refractivity contribution in [2.75, 3.05) is 13.1 Å². The van der Waals surface area contributed by atoms with Crippen LogP contribution in [-0.4, -0.2) is 33.7 Å². The predicted octanol–water partition coefficient (Wildman–Crippen LogP) is 4.75. The number of nitriles is 1.